The maximum absolute atomic E-state index is 6.89. The Labute approximate surface area is 217 Å². The van der Waals surface area contributed by atoms with Crippen molar-refractivity contribution in [3.63, 3.8) is 0 Å². The molecular weight excluding hydrogens is 452 g/mol. The van der Waals surface area contributed by atoms with Crippen LogP contribution in [-0.4, -0.2) is 20.0 Å². The molecule has 0 aliphatic carbocycles. The van der Waals surface area contributed by atoms with Gasteiger partial charge in [-0.05, 0) is 55.4 Å². The molecule has 202 valence electrons. The molecule has 0 spiro atoms. The van der Waals surface area contributed by atoms with Crippen molar-refractivity contribution in [2.75, 3.05) is 0 Å². The van der Waals surface area contributed by atoms with Crippen LogP contribution in [0.1, 0.15) is 113 Å². The van der Waals surface area contributed by atoms with E-state index in [9.17, 15) is 0 Å². The number of benzene rings is 1. The second-order valence-electron chi connectivity index (χ2n) is 12.8. The van der Waals surface area contributed by atoms with Crippen molar-refractivity contribution in [1.29, 1.82) is 0 Å². The van der Waals surface area contributed by atoms with E-state index in [1.807, 2.05) is 0 Å². The molecule has 1 fully saturated rings. The highest BCUT2D eigenvalue weighted by molar-refractivity contribution is 6.74. The molecule has 0 aromatic heterocycles. The van der Waals surface area contributed by atoms with Gasteiger partial charge in [0.2, 0.25) is 8.32 Å². The van der Waals surface area contributed by atoms with Crippen molar-refractivity contribution in [1.82, 2.24) is 0 Å². The first kappa shape index (κ1) is 30.3. The van der Waals surface area contributed by atoms with Crippen LogP contribution in [0.3, 0.4) is 0 Å². The molecule has 2 atom stereocenters. The lowest BCUT2D eigenvalue weighted by molar-refractivity contribution is -0.641. The lowest BCUT2D eigenvalue weighted by Gasteiger charge is -2.60. The molecule has 2 unspecified atom stereocenters. The molecule has 0 N–H and O–H groups in total. The van der Waals surface area contributed by atoms with Crippen molar-refractivity contribution in [3.05, 3.63) is 29.8 Å². The number of ether oxygens (including phenoxy) is 1. The van der Waals surface area contributed by atoms with E-state index < -0.39 is 19.7 Å². The zero-order valence-electron chi connectivity index (χ0n) is 24.6. The van der Waals surface area contributed by atoms with Gasteiger partial charge in [0.25, 0.3) is 5.79 Å². The van der Waals surface area contributed by atoms with E-state index >= 15 is 0 Å². The molecule has 1 aliphatic rings. The van der Waals surface area contributed by atoms with Crippen molar-refractivity contribution < 1.29 is 18.9 Å². The SMILES string of the molecule is CCCCCCCCC(C)OC1(c2cccc(O[Si](C)(C)C(C)(C)C)c2)OOC1(C(C)C)C(C)C. The number of rotatable bonds is 14. The van der Waals surface area contributed by atoms with Gasteiger partial charge in [-0.25, -0.2) is 4.89 Å². The first-order valence-electron chi connectivity index (χ1n) is 14.1. The highest BCUT2D eigenvalue weighted by Crippen LogP contribution is 2.58. The number of unbranched alkanes of at least 4 members (excludes halogenated alkanes) is 5. The predicted molar refractivity (Wildman–Crippen MR) is 149 cm³/mol. The zero-order valence-corrected chi connectivity index (χ0v) is 25.6. The molecule has 1 aromatic carbocycles. The minimum absolute atomic E-state index is 0.0620. The van der Waals surface area contributed by atoms with Crippen LogP contribution < -0.4 is 4.43 Å². The largest absolute Gasteiger partial charge is 0.543 e. The maximum Gasteiger partial charge on any atom is 0.261 e. The van der Waals surface area contributed by atoms with Gasteiger partial charge >= 0.3 is 0 Å². The molecule has 2 rings (SSSR count). The fraction of sp³-hybridized carbons (Fsp3) is 0.800. The van der Waals surface area contributed by atoms with E-state index in [4.69, 9.17) is 18.9 Å². The smallest absolute Gasteiger partial charge is 0.261 e. The van der Waals surface area contributed by atoms with Gasteiger partial charge in [-0.2, -0.15) is 4.89 Å². The van der Waals surface area contributed by atoms with Crippen LogP contribution in [0.15, 0.2) is 24.3 Å². The van der Waals surface area contributed by atoms with Crippen LogP contribution in [-0.2, 0) is 20.3 Å². The van der Waals surface area contributed by atoms with Gasteiger partial charge < -0.3 is 9.16 Å². The minimum atomic E-state index is -1.98. The fourth-order valence-electron chi connectivity index (χ4n) is 5.05. The molecule has 0 saturated carbocycles. The summed E-state index contributed by atoms with van der Waals surface area (Å²) >= 11 is 0. The average molecular weight is 507 g/mol. The van der Waals surface area contributed by atoms with E-state index in [2.05, 4.69) is 99.7 Å². The first-order chi connectivity index (χ1) is 16.2. The standard InChI is InChI=1S/C30H54O4Si/c1-12-13-14-15-16-17-19-25(6)31-30(29(23(2)3,24(4)5)33-34-30)26-20-18-21-27(22-26)32-35(10,11)28(7,8)9/h18,20-25H,12-17,19H2,1-11H3. The third-order valence-electron chi connectivity index (χ3n) is 8.25. The third-order valence-corrected chi connectivity index (χ3v) is 12.6. The van der Waals surface area contributed by atoms with Gasteiger partial charge in [0.15, 0.2) is 5.60 Å². The Kier molecular flexibility index (Phi) is 10.5. The lowest BCUT2D eigenvalue weighted by Crippen LogP contribution is -2.71. The van der Waals surface area contributed by atoms with Gasteiger partial charge in [0.05, 0.1) is 6.10 Å². The van der Waals surface area contributed by atoms with Crippen LogP contribution in [0.5, 0.6) is 5.75 Å². The Balaban J connectivity index is 2.33. The van der Waals surface area contributed by atoms with Crippen LogP contribution in [0.25, 0.3) is 0 Å². The van der Waals surface area contributed by atoms with Crippen molar-refractivity contribution in [3.8, 4) is 5.75 Å². The normalized spacial score (nSPS) is 21.3. The van der Waals surface area contributed by atoms with Crippen LogP contribution in [0.2, 0.25) is 18.1 Å². The molecule has 1 saturated heterocycles. The summed E-state index contributed by atoms with van der Waals surface area (Å²) in [5.41, 5.74) is 0.412. The third kappa shape index (κ3) is 6.52. The molecule has 4 nitrogen and oxygen atoms in total. The van der Waals surface area contributed by atoms with Gasteiger partial charge in [-0.15, -0.1) is 0 Å². The zero-order chi connectivity index (χ0) is 26.5. The highest BCUT2D eigenvalue weighted by atomic mass is 28.4. The summed E-state index contributed by atoms with van der Waals surface area (Å²) in [5.74, 6) is 0.353. The summed E-state index contributed by atoms with van der Waals surface area (Å²) < 4.78 is 13.6. The van der Waals surface area contributed by atoms with Crippen molar-refractivity contribution >= 4 is 8.32 Å². The predicted octanol–water partition coefficient (Wildman–Crippen LogP) is 9.39. The maximum atomic E-state index is 6.89. The molecule has 1 aromatic rings. The summed E-state index contributed by atoms with van der Waals surface area (Å²) in [6.07, 6.45) is 8.76. The van der Waals surface area contributed by atoms with Crippen LogP contribution in [0, 0.1) is 11.8 Å². The van der Waals surface area contributed by atoms with Gasteiger partial charge in [0.1, 0.15) is 5.75 Å². The molecule has 5 heteroatoms. The molecule has 0 amide bonds. The van der Waals surface area contributed by atoms with Gasteiger partial charge in [0, 0.05) is 5.56 Å². The van der Waals surface area contributed by atoms with E-state index in [1.54, 1.807) is 0 Å². The molecule has 1 heterocycles. The summed E-state index contributed by atoms with van der Waals surface area (Å²) in [6, 6.07) is 8.36. The van der Waals surface area contributed by atoms with E-state index in [-0.39, 0.29) is 23.0 Å². The summed E-state index contributed by atoms with van der Waals surface area (Å²) in [4.78, 5) is 12.1. The second kappa shape index (κ2) is 12.1. The number of hydrogen-bond donors (Lipinski definition) is 0. The second-order valence-corrected chi connectivity index (χ2v) is 17.5. The summed E-state index contributed by atoms with van der Waals surface area (Å²) in [6.45, 7) is 24.6. The summed E-state index contributed by atoms with van der Waals surface area (Å²) in [7, 11) is -1.98. The molecule has 0 bridgehead atoms. The van der Waals surface area contributed by atoms with E-state index in [0.717, 1.165) is 17.7 Å². The highest BCUT2D eigenvalue weighted by Gasteiger charge is 2.70. The number of hydrogen-bond acceptors (Lipinski definition) is 4. The Morgan fingerprint density at radius 3 is 2.00 bits per heavy atom. The Bertz CT molecular complexity index is 775. The molecule has 1 aliphatic heterocycles. The van der Waals surface area contributed by atoms with Crippen LogP contribution >= 0.6 is 0 Å². The molecular formula is C30H54O4Si. The molecule has 0 radical (unpaired) electrons. The van der Waals surface area contributed by atoms with Crippen LogP contribution in [0.4, 0.5) is 0 Å². The fourth-order valence-corrected chi connectivity index (χ4v) is 6.08. The topological polar surface area (TPSA) is 36.9 Å². The summed E-state index contributed by atoms with van der Waals surface area (Å²) in [5, 5.41) is 0.124. The average Bonchev–Trinajstić information content (AvgIpc) is 2.72. The quantitative estimate of drug-likeness (QED) is 0.143. The monoisotopic (exact) mass is 506 g/mol. The van der Waals surface area contributed by atoms with E-state index in [0.29, 0.717) is 0 Å². The van der Waals surface area contributed by atoms with Gasteiger partial charge in [-0.3, -0.25) is 0 Å². The van der Waals surface area contributed by atoms with Crippen molar-refractivity contribution in [2.45, 2.75) is 143 Å². The van der Waals surface area contributed by atoms with Gasteiger partial charge in [-0.1, -0.05) is 106 Å². The Morgan fingerprint density at radius 1 is 0.886 bits per heavy atom. The Hall–Kier alpha value is -0.883. The Morgan fingerprint density at radius 2 is 1.49 bits per heavy atom. The first-order valence-corrected chi connectivity index (χ1v) is 17.0. The molecule has 35 heavy (non-hydrogen) atoms. The lowest BCUT2D eigenvalue weighted by atomic mass is 9.70. The van der Waals surface area contributed by atoms with Crippen molar-refractivity contribution in [2.24, 2.45) is 11.8 Å². The van der Waals surface area contributed by atoms with E-state index in [1.165, 1.54) is 38.5 Å². The minimum Gasteiger partial charge on any atom is -0.543 e.